The fourth-order valence-corrected chi connectivity index (χ4v) is 4.89. The van der Waals surface area contributed by atoms with Crippen molar-refractivity contribution in [3.8, 4) is 11.1 Å². The number of hydrogen-bond donors (Lipinski definition) is 1. The highest BCUT2D eigenvalue weighted by atomic mass is 35.5. The number of anilines is 1. The highest BCUT2D eigenvalue weighted by Gasteiger charge is 2.26. The van der Waals surface area contributed by atoms with Gasteiger partial charge >= 0.3 is 0 Å². The van der Waals surface area contributed by atoms with Gasteiger partial charge < -0.3 is 14.9 Å². The van der Waals surface area contributed by atoms with Crippen LogP contribution < -0.4 is 4.90 Å². The van der Waals surface area contributed by atoms with Gasteiger partial charge in [0.15, 0.2) is 9.84 Å². The summed E-state index contributed by atoms with van der Waals surface area (Å²) in [6.07, 6.45) is 1.10. The molecule has 34 heavy (non-hydrogen) atoms. The van der Waals surface area contributed by atoms with Crippen LogP contribution in [0.2, 0.25) is 5.02 Å². The molecule has 3 aromatic carbocycles. The van der Waals surface area contributed by atoms with Gasteiger partial charge in [0, 0.05) is 48.7 Å². The first-order valence-electron chi connectivity index (χ1n) is 10.7. The molecule has 1 amide bonds. The number of sulfone groups is 1. The van der Waals surface area contributed by atoms with Crippen molar-refractivity contribution in [2.24, 2.45) is 0 Å². The maximum atomic E-state index is 13.5. The van der Waals surface area contributed by atoms with Crippen LogP contribution in [0.1, 0.15) is 15.9 Å². The standard InChI is InChI=1S/C25H24ClFN2O4S/c1-34(32,33)21-8-9-22(17-2-5-19(27)6-3-17)23(15-21)25(31)29-12-10-28(11-13-29)20-7-4-18(16-30)24(26)14-20/h2-9,14-15,30H,10-13,16H2,1H3. The first-order chi connectivity index (χ1) is 16.2. The smallest absolute Gasteiger partial charge is 0.254 e. The van der Waals surface area contributed by atoms with E-state index in [1.165, 1.54) is 24.3 Å². The van der Waals surface area contributed by atoms with Crippen molar-refractivity contribution in [1.29, 1.82) is 0 Å². The van der Waals surface area contributed by atoms with Gasteiger partial charge in [-0.1, -0.05) is 35.9 Å². The molecule has 0 spiro atoms. The minimum atomic E-state index is -3.52. The second kappa shape index (κ2) is 9.74. The van der Waals surface area contributed by atoms with Crippen molar-refractivity contribution in [1.82, 2.24) is 4.90 Å². The topological polar surface area (TPSA) is 77.9 Å². The van der Waals surface area contributed by atoms with Crippen molar-refractivity contribution in [2.45, 2.75) is 11.5 Å². The molecule has 0 bridgehead atoms. The molecule has 1 heterocycles. The largest absolute Gasteiger partial charge is 0.392 e. The summed E-state index contributed by atoms with van der Waals surface area (Å²) in [5, 5.41) is 9.80. The third kappa shape index (κ3) is 5.09. The van der Waals surface area contributed by atoms with Gasteiger partial charge in [0.25, 0.3) is 5.91 Å². The van der Waals surface area contributed by atoms with Crippen LogP contribution in [-0.4, -0.2) is 56.8 Å². The van der Waals surface area contributed by atoms with E-state index in [1.54, 1.807) is 35.2 Å². The van der Waals surface area contributed by atoms with Gasteiger partial charge in [-0.3, -0.25) is 4.79 Å². The fraction of sp³-hybridized carbons (Fsp3) is 0.240. The van der Waals surface area contributed by atoms with E-state index in [2.05, 4.69) is 4.90 Å². The lowest BCUT2D eigenvalue weighted by Gasteiger charge is -2.36. The maximum absolute atomic E-state index is 13.5. The van der Waals surface area contributed by atoms with Gasteiger partial charge in [0.2, 0.25) is 0 Å². The lowest BCUT2D eigenvalue weighted by atomic mass is 9.98. The Morgan fingerprint density at radius 3 is 2.26 bits per heavy atom. The first-order valence-corrected chi connectivity index (χ1v) is 13.0. The summed E-state index contributed by atoms with van der Waals surface area (Å²) in [4.78, 5) is 17.4. The quantitative estimate of drug-likeness (QED) is 0.570. The van der Waals surface area contributed by atoms with E-state index in [0.717, 1.165) is 11.9 Å². The van der Waals surface area contributed by atoms with E-state index in [4.69, 9.17) is 11.6 Å². The third-order valence-corrected chi connectivity index (χ3v) is 7.41. The monoisotopic (exact) mass is 502 g/mol. The zero-order valence-electron chi connectivity index (χ0n) is 18.5. The normalized spacial score (nSPS) is 14.4. The predicted octanol–water partition coefficient (Wildman–Crippen LogP) is 4.00. The molecule has 0 saturated carbocycles. The van der Waals surface area contributed by atoms with Crippen LogP contribution in [0.25, 0.3) is 11.1 Å². The molecule has 1 fully saturated rings. The number of piperazine rings is 1. The number of halogens is 2. The van der Waals surface area contributed by atoms with Gasteiger partial charge in [0.05, 0.1) is 11.5 Å². The van der Waals surface area contributed by atoms with Crippen LogP contribution in [0.4, 0.5) is 10.1 Å². The summed E-state index contributed by atoms with van der Waals surface area (Å²) in [6, 6.07) is 15.7. The summed E-state index contributed by atoms with van der Waals surface area (Å²) in [5.74, 6) is -0.675. The number of rotatable bonds is 5. The number of benzene rings is 3. The number of nitrogens with zero attached hydrogens (tertiary/aromatic N) is 2. The van der Waals surface area contributed by atoms with E-state index in [9.17, 15) is 22.7 Å². The van der Waals surface area contributed by atoms with Crippen molar-refractivity contribution >= 4 is 33.0 Å². The molecule has 1 N–H and O–H groups in total. The number of carbonyl (C=O) groups is 1. The Kier molecular flexibility index (Phi) is 6.93. The van der Waals surface area contributed by atoms with Gasteiger partial charge in [-0.25, -0.2) is 12.8 Å². The van der Waals surface area contributed by atoms with Crippen LogP contribution in [0.3, 0.4) is 0 Å². The van der Waals surface area contributed by atoms with E-state index in [1.807, 2.05) is 6.07 Å². The summed E-state index contributed by atoms with van der Waals surface area (Å²) in [6.45, 7) is 1.87. The van der Waals surface area contributed by atoms with Gasteiger partial charge in [-0.2, -0.15) is 0 Å². The van der Waals surface area contributed by atoms with Crippen molar-refractivity contribution < 1.29 is 22.7 Å². The fourth-order valence-electron chi connectivity index (χ4n) is 4.01. The molecule has 4 rings (SSSR count). The number of amides is 1. The van der Waals surface area contributed by atoms with Crippen molar-refractivity contribution in [3.05, 3.63) is 82.6 Å². The summed E-state index contributed by atoms with van der Waals surface area (Å²) < 4.78 is 37.7. The number of aliphatic hydroxyl groups excluding tert-OH is 1. The molecule has 0 aromatic heterocycles. The SMILES string of the molecule is CS(=O)(=O)c1ccc(-c2ccc(F)cc2)c(C(=O)N2CCN(c3ccc(CO)c(Cl)c3)CC2)c1. The molecule has 3 aromatic rings. The molecule has 1 saturated heterocycles. The van der Waals surface area contributed by atoms with E-state index in [0.29, 0.717) is 47.9 Å². The summed E-state index contributed by atoms with van der Waals surface area (Å²) >= 11 is 6.22. The van der Waals surface area contributed by atoms with E-state index in [-0.39, 0.29) is 23.0 Å². The zero-order valence-corrected chi connectivity index (χ0v) is 20.1. The highest BCUT2D eigenvalue weighted by molar-refractivity contribution is 7.90. The lowest BCUT2D eigenvalue weighted by molar-refractivity contribution is 0.0747. The van der Waals surface area contributed by atoms with E-state index < -0.39 is 15.7 Å². The molecule has 0 unspecified atom stereocenters. The average Bonchev–Trinajstić information content (AvgIpc) is 2.83. The molecule has 0 aliphatic carbocycles. The second-order valence-electron chi connectivity index (χ2n) is 8.20. The maximum Gasteiger partial charge on any atom is 0.254 e. The molecule has 178 valence electrons. The van der Waals surface area contributed by atoms with Crippen LogP contribution >= 0.6 is 11.6 Å². The van der Waals surface area contributed by atoms with Crippen LogP contribution in [-0.2, 0) is 16.4 Å². The van der Waals surface area contributed by atoms with E-state index >= 15 is 0 Å². The van der Waals surface area contributed by atoms with Gasteiger partial charge in [-0.15, -0.1) is 0 Å². The molecule has 0 atom stereocenters. The zero-order chi connectivity index (χ0) is 24.5. The second-order valence-corrected chi connectivity index (χ2v) is 10.6. The highest BCUT2D eigenvalue weighted by Crippen LogP contribution is 2.29. The van der Waals surface area contributed by atoms with Crippen molar-refractivity contribution in [3.63, 3.8) is 0 Å². The Bertz CT molecular complexity index is 1320. The Hall–Kier alpha value is -2.94. The predicted molar refractivity (Wildman–Crippen MR) is 130 cm³/mol. The van der Waals surface area contributed by atoms with Gasteiger partial charge in [0.1, 0.15) is 5.82 Å². The molecule has 9 heteroatoms. The van der Waals surface area contributed by atoms with Gasteiger partial charge in [-0.05, 0) is 53.1 Å². The summed E-state index contributed by atoms with van der Waals surface area (Å²) in [5.41, 5.74) is 2.99. The van der Waals surface area contributed by atoms with Crippen LogP contribution in [0.15, 0.2) is 65.6 Å². The number of aliphatic hydroxyl groups is 1. The molecule has 6 nitrogen and oxygen atoms in total. The number of carbonyl (C=O) groups excluding carboxylic acids is 1. The lowest BCUT2D eigenvalue weighted by Crippen LogP contribution is -2.49. The van der Waals surface area contributed by atoms with Crippen molar-refractivity contribution in [2.75, 3.05) is 37.3 Å². The molecule has 1 aliphatic rings. The minimum Gasteiger partial charge on any atom is -0.392 e. The number of hydrogen-bond acceptors (Lipinski definition) is 5. The third-order valence-electron chi connectivity index (χ3n) is 5.94. The average molecular weight is 503 g/mol. The molecular formula is C25H24ClFN2O4S. The first kappa shape index (κ1) is 24.2. The Balaban J connectivity index is 1.60. The summed E-state index contributed by atoms with van der Waals surface area (Å²) in [7, 11) is -3.52. The molecule has 1 aliphatic heterocycles. The molecule has 0 radical (unpaired) electrons. The molecular weight excluding hydrogens is 479 g/mol. The Morgan fingerprint density at radius 1 is 1.00 bits per heavy atom. The van der Waals surface area contributed by atoms with Crippen LogP contribution in [0, 0.1) is 5.82 Å². The van der Waals surface area contributed by atoms with Crippen LogP contribution in [0.5, 0.6) is 0 Å². The Morgan fingerprint density at radius 2 is 1.68 bits per heavy atom. The minimum absolute atomic E-state index is 0.0546. The Labute approximate surface area is 203 Å².